The highest BCUT2D eigenvalue weighted by Gasteiger charge is 2.18. The SMILES string of the molecule is CCc1ccc(S(=O)(=O)Nc2ccc(C(=O)O)cc2N)s1. The lowest BCUT2D eigenvalue weighted by Crippen LogP contribution is -2.13. The lowest BCUT2D eigenvalue weighted by Gasteiger charge is -2.09. The maximum atomic E-state index is 12.2. The maximum absolute atomic E-state index is 12.2. The minimum atomic E-state index is -3.72. The van der Waals surface area contributed by atoms with Gasteiger partial charge in [0.1, 0.15) is 4.21 Å². The van der Waals surface area contributed by atoms with E-state index in [1.807, 2.05) is 6.92 Å². The number of aryl methyl sites for hydroxylation is 1. The summed E-state index contributed by atoms with van der Waals surface area (Å²) in [6, 6.07) is 7.14. The second kappa shape index (κ2) is 5.74. The third kappa shape index (κ3) is 3.34. The predicted octanol–water partition coefficient (Wildman–Crippen LogP) is 2.39. The molecule has 21 heavy (non-hydrogen) atoms. The second-order valence-corrected chi connectivity index (χ2v) is 7.36. The summed E-state index contributed by atoms with van der Waals surface area (Å²) in [7, 11) is -3.72. The van der Waals surface area contributed by atoms with Crippen LogP contribution in [-0.2, 0) is 16.4 Å². The van der Waals surface area contributed by atoms with E-state index in [1.54, 1.807) is 6.07 Å². The van der Waals surface area contributed by atoms with Crippen molar-refractivity contribution >= 4 is 38.7 Å². The van der Waals surface area contributed by atoms with Crippen LogP contribution in [0, 0.1) is 0 Å². The molecule has 6 nitrogen and oxygen atoms in total. The van der Waals surface area contributed by atoms with E-state index < -0.39 is 16.0 Å². The molecule has 0 radical (unpaired) electrons. The molecule has 0 aliphatic heterocycles. The van der Waals surface area contributed by atoms with Crippen molar-refractivity contribution in [2.24, 2.45) is 0 Å². The molecular weight excluding hydrogens is 312 g/mol. The van der Waals surface area contributed by atoms with E-state index >= 15 is 0 Å². The van der Waals surface area contributed by atoms with Crippen molar-refractivity contribution in [3.63, 3.8) is 0 Å². The largest absolute Gasteiger partial charge is 0.478 e. The van der Waals surface area contributed by atoms with Gasteiger partial charge in [0.2, 0.25) is 0 Å². The molecule has 0 spiro atoms. The quantitative estimate of drug-likeness (QED) is 0.731. The number of benzene rings is 1. The third-order valence-electron chi connectivity index (χ3n) is 2.79. The standard InChI is InChI=1S/C13H14N2O4S2/c1-2-9-4-6-12(20-9)21(18,19)15-11-5-3-8(13(16)17)7-10(11)14/h3-7,15H,2,14H2,1H3,(H,16,17). The normalized spacial score (nSPS) is 11.3. The number of hydrogen-bond donors (Lipinski definition) is 3. The van der Waals surface area contributed by atoms with Gasteiger partial charge in [-0.25, -0.2) is 13.2 Å². The lowest BCUT2D eigenvalue weighted by atomic mass is 10.2. The van der Waals surface area contributed by atoms with Crippen LogP contribution in [0.1, 0.15) is 22.2 Å². The Morgan fingerprint density at radius 3 is 2.57 bits per heavy atom. The number of nitrogens with one attached hydrogen (secondary N) is 1. The number of hydrogen-bond acceptors (Lipinski definition) is 5. The summed E-state index contributed by atoms with van der Waals surface area (Å²) >= 11 is 1.19. The summed E-state index contributed by atoms with van der Waals surface area (Å²) in [5, 5.41) is 8.85. The monoisotopic (exact) mass is 326 g/mol. The van der Waals surface area contributed by atoms with Gasteiger partial charge in [-0.2, -0.15) is 0 Å². The first-order valence-corrected chi connectivity index (χ1v) is 8.38. The van der Waals surface area contributed by atoms with E-state index in [0.717, 1.165) is 11.3 Å². The zero-order chi connectivity index (χ0) is 15.6. The highest BCUT2D eigenvalue weighted by Crippen LogP contribution is 2.27. The van der Waals surface area contributed by atoms with Crippen LogP contribution in [-0.4, -0.2) is 19.5 Å². The second-order valence-electron chi connectivity index (χ2n) is 4.29. The molecule has 8 heteroatoms. The van der Waals surface area contributed by atoms with Gasteiger partial charge in [0.25, 0.3) is 10.0 Å². The molecule has 2 rings (SSSR count). The van der Waals surface area contributed by atoms with Crippen molar-refractivity contribution in [2.75, 3.05) is 10.5 Å². The van der Waals surface area contributed by atoms with E-state index in [-0.39, 0.29) is 21.1 Å². The van der Waals surface area contributed by atoms with Crippen molar-refractivity contribution in [1.29, 1.82) is 0 Å². The molecular formula is C13H14N2O4S2. The Labute approximate surface area is 126 Å². The molecule has 0 saturated heterocycles. The van der Waals surface area contributed by atoms with Crippen molar-refractivity contribution in [3.8, 4) is 0 Å². The number of carboxylic acid groups (broad SMARTS) is 1. The molecule has 1 heterocycles. The topological polar surface area (TPSA) is 109 Å². The fraction of sp³-hybridized carbons (Fsp3) is 0.154. The van der Waals surface area contributed by atoms with Crippen LogP contribution < -0.4 is 10.5 Å². The Morgan fingerprint density at radius 2 is 2.05 bits per heavy atom. The van der Waals surface area contributed by atoms with E-state index in [2.05, 4.69) is 4.72 Å². The van der Waals surface area contributed by atoms with E-state index in [0.29, 0.717) is 0 Å². The summed E-state index contributed by atoms with van der Waals surface area (Å²) in [6.07, 6.45) is 0.760. The van der Waals surface area contributed by atoms with Gasteiger partial charge < -0.3 is 10.8 Å². The van der Waals surface area contributed by atoms with Crippen LogP contribution in [0.4, 0.5) is 11.4 Å². The summed E-state index contributed by atoms with van der Waals surface area (Å²) < 4.78 is 27.0. The molecule has 0 atom stereocenters. The maximum Gasteiger partial charge on any atom is 0.335 e. The van der Waals surface area contributed by atoms with Gasteiger partial charge in [-0.3, -0.25) is 4.72 Å². The van der Waals surface area contributed by atoms with E-state index in [1.165, 1.54) is 35.6 Å². The Hall–Kier alpha value is -2.06. The highest BCUT2D eigenvalue weighted by atomic mass is 32.2. The summed E-state index contributed by atoms with van der Waals surface area (Å²) in [4.78, 5) is 11.8. The van der Waals surface area contributed by atoms with Crippen LogP contribution in [0.2, 0.25) is 0 Å². The van der Waals surface area contributed by atoms with Crippen molar-refractivity contribution in [1.82, 2.24) is 0 Å². The Bertz CT molecular complexity index is 781. The van der Waals surface area contributed by atoms with Crippen molar-refractivity contribution in [3.05, 3.63) is 40.8 Å². The van der Waals surface area contributed by atoms with Gasteiger partial charge in [0.05, 0.1) is 16.9 Å². The fourth-order valence-corrected chi connectivity index (χ4v) is 4.06. The average Bonchev–Trinajstić information content (AvgIpc) is 2.90. The van der Waals surface area contributed by atoms with Gasteiger partial charge in [0, 0.05) is 4.88 Å². The first-order valence-electron chi connectivity index (χ1n) is 6.08. The minimum absolute atomic E-state index is 0.000147. The summed E-state index contributed by atoms with van der Waals surface area (Å²) in [5.41, 5.74) is 5.91. The number of rotatable bonds is 5. The average molecular weight is 326 g/mol. The third-order valence-corrected chi connectivity index (χ3v) is 5.88. The fourth-order valence-electron chi connectivity index (χ4n) is 1.68. The molecule has 1 aromatic heterocycles. The van der Waals surface area contributed by atoms with Crippen molar-refractivity contribution < 1.29 is 18.3 Å². The number of nitrogen functional groups attached to an aromatic ring is 1. The van der Waals surface area contributed by atoms with Gasteiger partial charge in [-0.15, -0.1) is 11.3 Å². The number of anilines is 2. The minimum Gasteiger partial charge on any atom is -0.478 e. The molecule has 0 fully saturated rings. The van der Waals surface area contributed by atoms with Gasteiger partial charge >= 0.3 is 5.97 Å². The molecule has 112 valence electrons. The van der Waals surface area contributed by atoms with Crippen LogP contribution in [0.3, 0.4) is 0 Å². The number of carbonyl (C=O) groups is 1. The van der Waals surface area contributed by atoms with Gasteiger partial charge in [-0.05, 0) is 36.8 Å². The van der Waals surface area contributed by atoms with Crippen LogP contribution in [0.25, 0.3) is 0 Å². The number of thiophene rings is 1. The predicted molar refractivity (Wildman–Crippen MR) is 82.3 cm³/mol. The molecule has 0 saturated carbocycles. The molecule has 0 amide bonds. The molecule has 1 aromatic carbocycles. The number of carboxylic acids is 1. The summed E-state index contributed by atoms with van der Waals surface area (Å²) in [5.74, 6) is -1.12. The zero-order valence-corrected chi connectivity index (χ0v) is 12.8. The van der Waals surface area contributed by atoms with Crippen LogP contribution in [0.5, 0.6) is 0 Å². The van der Waals surface area contributed by atoms with Gasteiger partial charge in [0.15, 0.2) is 0 Å². The van der Waals surface area contributed by atoms with Gasteiger partial charge in [-0.1, -0.05) is 6.92 Å². The molecule has 0 aliphatic carbocycles. The van der Waals surface area contributed by atoms with E-state index in [9.17, 15) is 13.2 Å². The molecule has 0 unspecified atom stereocenters. The van der Waals surface area contributed by atoms with E-state index in [4.69, 9.17) is 10.8 Å². The molecule has 4 N–H and O–H groups in total. The Balaban J connectivity index is 2.30. The number of sulfonamides is 1. The first kappa shape index (κ1) is 15.3. The molecule has 2 aromatic rings. The Morgan fingerprint density at radius 1 is 1.33 bits per heavy atom. The smallest absolute Gasteiger partial charge is 0.335 e. The molecule has 0 bridgehead atoms. The zero-order valence-electron chi connectivity index (χ0n) is 11.2. The van der Waals surface area contributed by atoms with Crippen LogP contribution in [0.15, 0.2) is 34.5 Å². The highest BCUT2D eigenvalue weighted by molar-refractivity contribution is 7.94. The lowest BCUT2D eigenvalue weighted by molar-refractivity contribution is 0.0697. The summed E-state index contributed by atoms with van der Waals surface area (Å²) in [6.45, 7) is 1.94. The number of aromatic carboxylic acids is 1. The Kier molecular flexibility index (Phi) is 4.19. The van der Waals surface area contributed by atoms with Crippen molar-refractivity contribution in [2.45, 2.75) is 17.6 Å². The molecule has 0 aliphatic rings. The van der Waals surface area contributed by atoms with Crippen LogP contribution >= 0.6 is 11.3 Å². The number of nitrogens with two attached hydrogens (primary N) is 1. The first-order chi connectivity index (χ1) is 9.83.